The second-order valence-corrected chi connectivity index (χ2v) is 7.69. The van der Waals surface area contributed by atoms with E-state index in [9.17, 15) is 0 Å². The maximum absolute atomic E-state index is 2.80. The van der Waals surface area contributed by atoms with E-state index in [1.165, 1.54) is 58.3 Å². The van der Waals surface area contributed by atoms with E-state index in [1.807, 2.05) is 0 Å². The van der Waals surface area contributed by atoms with Gasteiger partial charge in [-0.1, -0.05) is 34.6 Å². The van der Waals surface area contributed by atoms with Crippen LogP contribution in [0.1, 0.15) is 66.7 Å². The molecule has 2 aliphatic rings. The van der Waals surface area contributed by atoms with Crippen molar-refractivity contribution in [2.75, 3.05) is 26.2 Å². The Balaban J connectivity index is 2.08. The summed E-state index contributed by atoms with van der Waals surface area (Å²) in [6, 6.07) is 0. The Morgan fingerprint density at radius 1 is 1.00 bits per heavy atom. The van der Waals surface area contributed by atoms with Crippen LogP contribution in [0.25, 0.3) is 0 Å². The summed E-state index contributed by atoms with van der Waals surface area (Å²) in [6.07, 6.45) is 6.91. The predicted octanol–water partition coefficient (Wildman–Crippen LogP) is 3.97. The SMILES string of the molecule is CCCN1CCN(CC)C12CCC(C(C)(C)C)CC2. The zero-order valence-corrected chi connectivity index (χ0v) is 13.8. The molecule has 0 atom stereocenters. The maximum atomic E-state index is 2.80. The summed E-state index contributed by atoms with van der Waals surface area (Å²) in [5.41, 5.74) is 0.916. The molecule has 0 aromatic heterocycles. The molecule has 0 radical (unpaired) electrons. The highest BCUT2D eigenvalue weighted by molar-refractivity contribution is 5.00. The third-order valence-corrected chi connectivity index (χ3v) is 5.70. The third-order valence-electron chi connectivity index (χ3n) is 5.70. The average Bonchev–Trinajstić information content (AvgIpc) is 2.68. The van der Waals surface area contributed by atoms with E-state index in [1.54, 1.807) is 0 Å². The van der Waals surface area contributed by atoms with Crippen molar-refractivity contribution < 1.29 is 0 Å². The van der Waals surface area contributed by atoms with Gasteiger partial charge in [0.25, 0.3) is 0 Å². The van der Waals surface area contributed by atoms with Crippen LogP contribution < -0.4 is 0 Å². The minimum Gasteiger partial charge on any atom is -0.284 e. The smallest absolute Gasteiger partial charge is 0.0738 e. The molecular weight excluding hydrogens is 232 g/mol. The Morgan fingerprint density at radius 2 is 1.58 bits per heavy atom. The molecule has 2 nitrogen and oxygen atoms in total. The Morgan fingerprint density at radius 3 is 2.05 bits per heavy atom. The largest absolute Gasteiger partial charge is 0.284 e. The van der Waals surface area contributed by atoms with Gasteiger partial charge in [0.15, 0.2) is 0 Å². The lowest BCUT2D eigenvalue weighted by molar-refractivity contribution is -0.0411. The molecule has 1 saturated heterocycles. The van der Waals surface area contributed by atoms with Crippen molar-refractivity contribution in [3.63, 3.8) is 0 Å². The van der Waals surface area contributed by atoms with Crippen molar-refractivity contribution in [2.24, 2.45) is 11.3 Å². The van der Waals surface area contributed by atoms with E-state index < -0.39 is 0 Å². The molecule has 1 aliphatic heterocycles. The summed E-state index contributed by atoms with van der Waals surface area (Å²) in [6.45, 7) is 17.0. The molecule has 0 unspecified atom stereocenters. The van der Waals surface area contributed by atoms with Gasteiger partial charge in [-0.15, -0.1) is 0 Å². The van der Waals surface area contributed by atoms with Crippen LogP contribution in [0.3, 0.4) is 0 Å². The van der Waals surface area contributed by atoms with Crippen molar-refractivity contribution in [3.05, 3.63) is 0 Å². The zero-order chi connectivity index (χ0) is 14.1. The van der Waals surface area contributed by atoms with Crippen LogP contribution in [0.15, 0.2) is 0 Å². The van der Waals surface area contributed by atoms with Gasteiger partial charge in [0.05, 0.1) is 5.66 Å². The molecule has 2 rings (SSSR count). The molecule has 1 spiro atoms. The van der Waals surface area contributed by atoms with Gasteiger partial charge in [0.1, 0.15) is 0 Å². The minimum absolute atomic E-state index is 0.423. The molecule has 0 bridgehead atoms. The van der Waals surface area contributed by atoms with Crippen LogP contribution in [0.4, 0.5) is 0 Å². The van der Waals surface area contributed by atoms with Crippen LogP contribution in [0.2, 0.25) is 0 Å². The lowest BCUT2D eigenvalue weighted by atomic mass is 9.69. The Labute approximate surface area is 120 Å². The van der Waals surface area contributed by atoms with Gasteiger partial charge in [-0.25, -0.2) is 0 Å². The van der Waals surface area contributed by atoms with Crippen LogP contribution >= 0.6 is 0 Å². The Bertz CT molecular complexity index is 284. The van der Waals surface area contributed by atoms with Gasteiger partial charge < -0.3 is 0 Å². The Kier molecular flexibility index (Phi) is 4.62. The van der Waals surface area contributed by atoms with Crippen molar-refractivity contribution >= 4 is 0 Å². The predicted molar refractivity (Wildman–Crippen MR) is 83.3 cm³/mol. The normalized spacial score (nSPS) is 34.3. The first-order valence-electron chi connectivity index (χ1n) is 8.44. The highest BCUT2D eigenvalue weighted by atomic mass is 15.5. The third kappa shape index (κ3) is 2.85. The van der Waals surface area contributed by atoms with Gasteiger partial charge in [0.2, 0.25) is 0 Å². The monoisotopic (exact) mass is 266 g/mol. The van der Waals surface area contributed by atoms with Gasteiger partial charge in [-0.05, 0) is 56.5 Å². The summed E-state index contributed by atoms with van der Waals surface area (Å²) in [4.78, 5) is 5.57. The fourth-order valence-corrected chi connectivity index (χ4v) is 4.48. The summed E-state index contributed by atoms with van der Waals surface area (Å²) in [7, 11) is 0. The summed E-state index contributed by atoms with van der Waals surface area (Å²) in [5, 5.41) is 0. The zero-order valence-electron chi connectivity index (χ0n) is 13.8. The molecule has 112 valence electrons. The van der Waals surface area contributed by atoms with Gasteiger partial charge in [0, 0.05) is 13.1 Å². The van der Waals surface area contributed by atoms with E-state index in [0.29, 0.717) is 11.1 Å². The van der Waals surface area contributed by atoms with Crippen molar-refractivity contribution in [1.29, 1.82) is 0 Å². The quantitative estimate of drug-likeness (QED) is 0.763. The van der Waals surface area contributed by atoms with Crippen LogP contribution in [-0.4, -0.2) is 41.6 Å². The van der Waals surface area contributed by atoms with Crippen molar-refractivity contribution in [1.82, 2.24) is 9.80 Å². The fourth-order valence-electron chi connectivity index (χ4n) is 4.48. The molecule has 19 heavy (non-hydrogen) atoms. The first kappa shape index (κ1) is 15.3. The molecule has 1 heterocycles. The van der Waals surface area contributed by atoms with E-state index in [2.05, 4.69) is 44.4 Å². The number of nitrogens with zero attached hydrogens (tertiary/aromatic N) is 2. The number of hydrogen-bond acceptors (Lipinski definition) is 2. The topological polar surface area (TPSA) is 6.48 Å². The van der Waals surface area contributed by atoms with Gasteiger partial charge >= 0.3 is 0 Å². The maximum Gasteiger partial charge on any atom is 0.0738 e. The first-order valence-corrected chi connectivity index (χ1v) is 8.44. The van der Waals surface area contributed by atoms with E-state index in [0.717, 1.165) is 5.92 Å². The summed E-state index contributed by atoms with van der Waals surface area (Å²) in [5.74, 6) is 0.918. The molecule has 0 aromatic rings. The Hall–Kier alpha value is -0.0800. The standard InChI is InChI=1S/C17H34N2/c1-6-12-19-14-13-18(7-2)17(19)10-8-15(9-11-17)16(3,4)5/h15H,6-14H2,1-5H3. The number of likely N-dealkylation sites (N-methyl/N-ethyl adjacent to an activating group) is 1. The molecule has 1 saturated carbocycles. The summed E-state index contributed by atoms with van der Waals surface area (Å²) >= 11 is 0. The first-order chi connectivity index (χ1) is 8.94. The van der Waals surface area contributed by atoms with Crippen molar-refractivity contribution in [2.45, 2.75) is 72.4 Å². The number of hydrogen-bond donors (Lipinski definition) is 0. The highest BCUT2D eigenvalue weighted by Crippen LogP contribution is 2.46. The van der Waals surface area contributed by atoms with Gasteiger partial charge in [-0.2, -0.15) is 0 Å². The van der Waals surface area contributed by atoms with E-state index in [-0.39, 0.29) is 0 Å². The molecule has 0 N–H and O–H groups in total. The highest BCUT2D eigenvalue weighted by Gasteiger charge is 2.48. The lowest BCUT2D eigenvalue weighted by Gasteiger charge is -2.50. The lowest BCUT2D eigenvalue weighted by Crippen LogP contribution is -2.56. The fraction of sp³-hybridized carbons (Fsp3) is 1.00. The molecular formula is C17H34N2. The molecule has 0 aromatic carbocycles. The molecule has 0 amide bonds. The second kappa shape index (κ2) is 5.73. The average molecular weight is 266 g/mol. The van der Waals surface area contributed by atoms with E-state index in [4.69, 9.17) is 0 Å². The van der Waals surface area contributed by atoms with Crippen LogP contribution in [0, 0.1) is 11.3 Å². The second-order valence-electron chi connectivity index (χ2n) is 7.69. The minimum atomic E-state index is 0.423. The van der Waals surface area contributed by atoms with Gasteiger partial charge in [-0.3, -0.25) is 9.80 Å². The van der Waals surface area contributed by atoms with Crippen molar-refractivity contribution in [3.8, 4) is 0 Å². The van der Waals surface area contributed by atoms with Crippen LogP contribution in [-0.2, 0) is 0 Å². The van der Waals surface area contributed by atoms with Crippen LogP contribution in [0.5, 0.6) is 0 Å². The number of rotatable bonds is 3. The molecule has 1 aliphatic carbocycles. The van der Waals surface area contributed by atoms with E-state index >= 15 is 0 Å². The molecule has 2 heteroatoms. The summed E-state index contributed by atoms with van der Waals surface area (Å²) < 4.78 is 0. The molecule has 2 fully saturated rings.